The van der Waals surface area contributed by atoms with Crippen LogP contribution in [0.15, 0.2) is 12.3 Å². The van der Waals surface area contributed by atoms with Crippen molar-refractivity contribution in [2.75, 3.05) is 5.32 Å². The molecule has 0 saturated heterocycles. The van der Waals surface area contributed by atoms with E-state index < -0.39 is 17.9 Å². The predicted octanol–water partition coefficient (Wildman–Crippen LogP) is 1.89. The van der Waals surface area contributed by atoms with Crippen LogP contribution >= 0.6 is 11.6 Å². The minimum atomic E-state index is -0.967. The largest absolute Gasteiger partial charge is 0.480 e. The monoisotopic (exact) mass is 285 g/mol. The van der Waals surface area contributed by atoms with Crippen LogP contribution in [0.5, 0.6) is 0 Å². The number of nitrogens with zero attached hydrogens (tertiary/aromatic N) is 1. The summed E-state index contributed by atoms with van der Waals surface area (Å²) in [4.78, 5) is 26.0. The van der Waals surface area contributed by atoms with Crippen molar-refractivity contribution < 1.29 is 14.7 Å². The molecule has 1 rings (SSSR count). The Hall–Kier alpha value is -1.82. The van der Waals surface area contributed by atoms with Crippen LogP contribution in [0.1, 0.15) is 36.5 Å². The molecule has 0 fully saturated rings. The fourth-order valence-corrected chi connectivity index (χ4v) is 1.73. The van der Waals surface area contributed by atoms with Gasteiger partial charge in [-0.05, 0) is 12.5 Å². The molecular formula is C12H16ClN3O3. The van der Waals surface area contributed by atoms with Crippen molar-refractivity contribution in [2.45, 2.75) is 32.2 Å². The van der Waals surface area contributed by atoms with Gasteiger partial charge in [-0.3, -0.25) is 4.79 Å². The summed E-state index contributed by atoms with van der Waals surface area (Å²) in [6.45, 7) is 1.98. The first kappa shape index (κ1) is 15.2. The van der Waals surface area contributed by atoms with E-state index in [4.69, 9.17) is 22.4 Å². The number of carbonyl (C=O) groups excluding carboxylic acids is 1. The van der Waals surface area contributed by atoms with Crippen LogP contribution in [0.4, 0.5) is 5.82 Å². The summed E-state index contributed by atoms with van der Waals surface area (Å²) >= 11 is 5.93. The van der Waals surface area contributed by atoms with Gasteiger partial charge in [0.15, 0.2) is 0 Å². The number of nitrogens with one attached hydrogen (secondary N) is 1. The molecule has 0 saturated carbocycles. The van der Waals surface area contributed by atoms with E-state index in [1.54, 1.807) is 0 Å². The van der Waals surface area contributed by atoms with Gasteiger partial charge < -0.3 is 16.2 Å². The van der Waals surface area contributed by atoms with Gasteiger partial charge in [0.2, 0.25) is 5.91 Å². The molecule has 1 heterocycles. The number of pyridine rings is 1. The molecule has 0 aliphatic heterocycles. The molecule has 0 aliphatic carbocycles. The van der Waals surface area contributed by atoms with Crippen molar-refractivity contribution in [3.8, 4) is 0 Å². The average Bonchev–Trinajstić information content (AvgIpc) is 2.35. The molecule has 1 aromatic rings. The third kappa shape index (κ3) is 4.40. The summed E-state index contributed by atoms with van der Waals surface area (Å²) in [5, 5.41) is 12.0. The van der Waals surface area contributed by atoms with Gasteiger partial charge in [-0.1, -0.05) is 31.4 Å². The van der Waals surface area contributed by atoms with E-state index in [2.05, 4.69) is 10.3 Å². The Labute approximate surface area is 116 Å². The number of hydrogen-bond acceptors (Lipinski definition) is 4. The molecular weight excluding hydrogens is 270 g/mol. The van der Waals surface area contributed by atoms with Gasteiger partial charge in [0.05, 0.1) is 10.6 Å². The second kappa shape index (κ2) is 6.94. The highest BCUT2D eigenvalue weighted by Crippen LogP contribution is 2.21. The zero-order valence-corrected chi connectivity index (χ0v) is 11.3. The van der Waals surface area contributed by atoms with E-state index in [9.17, 15) is 9.59 Å². The number of unbranched alkanes of at least 4 members (excludes halogenated alkanes) is 1. The Bertz CT molecular complexity index is 479. The first-order chi connectivity index (χ1) is 8.95. The quantitative estimate of drug-likeness (QED) is 0.709. The molecule has 1 aromatic heterocycles. The molecule has 1 atom stereocenters. The lowest BCUT2D eigenvalue weighted by Crippen LogP contribution is -2.29. The zero-order valence-electron chi connectivity index (χ0n) is 10.5. The Balaban J connectivity index is 2.84. The summed E-state index contributed by atoms with van der Waals surface area (Å²) in [5.41, 5.74) is 5.27. The third-order valence-corrected chi connectivity index (χ3v) is 2.87. The number of carbonyl (C=O) groups is 2. The lowest BCUT2D eigenvalue weighted by molar-refractivity contribution is -0.138. The molecule has 4 N–H and O–H groups in total. The molecule has 0 bridgehead atoms. The van der Waals surface area contributed by atoms with Crippen LogP contribution in [0.25, 0.3) is 0 Å². The zero-order chi connectivity index (χ0) is 14.4. The van der Waals surface area contributed by atoms with Crippen molar-refractivity contribution in [3.05, 3.63) is 22.8 Å². The van der Waals surface area contributed by atoms with Crippen LogP contribution in [-0.2, 0) is 4.79 Å². The molecule has 0 spiro atoms. The van der Waals surface area contributed by atoms with E-state index in [0.717, 1.165) is 12.8 Å². The van der Waals surface area contributed by atoms with Crippen molar-refractivity contribution in [1.82, 2.24) is 4.98 Å². The standard InChI is InChI=1S/C12H16ClN3O3/c1-2-3-4-9(12(18)19)16-11-8(13)5-7(6-15-11)10(14)17/h5-6,9H,2-4H2,1H3,(H2,14,17)(H,15,16)(H,18,19)/t9-/m0/s1. The van der Waals surface area contributed by atoms with Crippen LogP contribution < -0.4 is 11.1 Å². The van der Waals surface area contributed by atoms with Gasteiger partial charge in [0.25, 0.3) is 0 Å². The number of nitrogens with two attached hydrogens (primary N) is 1. The Morgan fingerprint density at radius 1 is 1.58 bits per heavy atom. The highest BCUT2D eigenvalue weighted by molar-refractivity contribution is 6.33. The molecule has 0 aliphatic rings. The molecule has 0 unspecified atom stereocenters. The average molecular weight is 286 g/mol. The normalized spacial score (nSPS) is 11.9. The Morgan fingerprint density at radius 2 is 2.26 bits per heavy atom. The van der Waals surface area contributed by atoms with Crippen LogP contribution in [0, 0.1) is 0 Å². The van der Waals surface area contributed by atoms with Crippen molar-refractivity contribution in [1.29, 1.82) is 0 Å². The Morgan fingerprint density at radius 3 is 2.74 bits per heavy atom. The van der Waals surface area contributed by atoms with E-state index in [-0.39, 0.29) is 16.4 Å². The lowest BCUT2D eigenvalue weighted by Gasteiger charge is -2.15. The summed E-state index contributed by atoms with van der Waals surface area (Å²) in [7, 11) is 0. The van der Waals surface area contributed by atoms with Gasteiger partial charge in [-0.25, -0.2) is 9.78 Å². The smallest absolute Gasteiger partial charge is 0.326 e. The number of aromatic nitrogens is 1. The maximum Gasteiger partial charge on any atom is 0.326 e. The molecule has 0 aromatic carbocycles. The number of hydrogen-bond donors (Lipinski definition) is 3. The molecule has 1 amide bonds. The molecule has 7 heteroatoms. The number of rotatable bonds is 7. The molecule has 104 valence electrons. The molecule has 19 heavy (non-hydrogen) atoms. The fraction of sp³-hybridized carbons (Fsp3) is 0.417. The number of halogens is 1. The molecule has 0 radical (unpaired) electrons. The highest BCUT2D eigenvalue weighted by Gasteiger charge is 2.18. The SMILES string of the molecule is CCCC[C@H](Nc1ncc(C(N)=O)cc1Cl)C(=O)O. The third-order valence-electron chi connectivity index (χ3n) is 2.58. The minimum absolute atomic E-state index is 0.166. The topological polar surface area (TPSA) is 105 Å². The summed E-state index contributed by atoms with van der Waals surface area (Å²) in [6.07, 6.45) is 3.41. The van der Waals surface area contributed by atoms with Crippen LogP contribution in [-0.4, -0.2) is 28.0 Å². The number of carboxylic acid groups (broad SMARTS) is 1. The van der Waals surface area contributed by atoms with Crippen LogP contribution in [0.2, 0.25) is 5.02 Å². The predicted molar refractivity (Wildman–Crippen MR) is 72.3 cm³/mol. The summed E-state index contributed by atoms with van der Waals surface area (Å²) in [6, 6.07) is 0.599. The number of anilines is 1. The van der Waals surface area contributed by atoms with E-state index in [1.165, 1.54) is 12.3 Å². The first-order valence-corrected chi connectivity index (χ1v) is 6.28. The van der Waals surface area contributed by atoms with E-state index >= 15 is 0 Å². The number of aliphatic carboxylic acids is 1. The van der Waals surface area contributed by atoms with Crippen LogP contribution in [0.3, 0.4) is 0 Å². The maximum atomic E-state index is 11.1. The maximum absolute atomic E-state index is 11.1. The fourth-order valence-electron chi connectivity index (χ4n) is 1.51. The second-order valence-electron chi connectivity index (χ2n) is 4.10. The first-order valence-electron chi connectivity index (χ1n) is 5.90. The van der Waals surface area contributed by atoms with Crippen molar-refractivity contribution in [2.24, 2.45) is 5.73 Å². The summed E-state index contributed by atoms with van der Waals surface area (Å²) < 4.78 is 0. The second-order valence-corrected chi connectivity index (χ2v) is 4.50. The van der Waals surface area contributed by atoms with Crippen molar-refractivity contribution >= 4 is 29.3 Å². The van der Waals surface area contributed by atoms with E-state index in [0.29, 0.717) is 6.42 Å². The van der Waals surface area contributed by atoms with Gasteiger partial charge in [0, 0.05) is 6.20 Å². The van der Waals surface area contributed by atoms with Gasteiger partial charge in [-0.2, -0.15) is 0 Å². The lowest BCUT2D eigenvalue weighted by atomic mass is 10.1. The van der Waals surface area contributed by atoms with Crippen molar-refractivity contribution in [3.63, 3.8) is 0 Å². The Kier molecular flexibility index (Phi) is 5.57. The van der Waals surface area contributed by atoms with Gasteiger partial charge >= 0.3 is 5.97 Å². The number of amides is 1. The minimum Gasteiger partial charge on any atom is -0.480 e. The highest BCUT2D eigenvalue weighted by atomic mass is 35.5. The number of carboxylic acids is 1. The van der Waals surface area contributed by atoms with Gasteiger partial charge in [-0.15, -0.1) is 0 Å². The number of primary amides is 1. The van der Waals surface area contributed by atoms with Gasteiger partial charge in [0.1, 0.15) is 11.9 Å². The summed E-state index contributed by atoms with van der Waals surface area (Å²) in [5.74, 6) is -1.37. The van der Waals surface area contributed by atoms with E-state index in [1.807, 2.05) is 6.92 Å². The molecule has 6 nitrogen and oxygen atoms in total.